The molecule has 0 radical (unpaired) electrons. The fourth-order valence-electron chi connectivity index (χ4n) is 2.89. The van der Waals surface area contributed by atoms with Crippen LogP contribution in [0.1, 0.15) is 29.7 Å². The van der Waals surface area contributed by atoms with Crippen LogP contribution in [0, 0.1) is 12.8 Å². The monoisotopic (exact) mass is 308 g/mol. The number of rotatable bonds is 7. The Balaban J connectivity index is 1.75. The number of carbonyl (C=O) groups is 1. The van der Waals surface area contributed by atoms with Crippen LogP contribution in [0.5, 0.6) is 0 Å². The zero-order chi connectivity index (χ0) is 16.2. The highest BCUT2D eigenvalue weighted by molar-refractivity contribution is 5.81. The molecule has 23 heavy (non-hydrogen) atoms. The van der Waals surface area contributed by atoms with Crippen molar-refractivity contribution in [3.63, 3.8) is 0 Å². The maximum atomic E-state index is 12.4. The SMILES string of the molecule is C=CCN(Cc1cccn1Cc1ccccc1C)C(=O)C1CC1. The molecule has 0 aliphatic heterocycles. The summed E-state index contributed by atoms with van der Waals surface area (Å²) in [5.41, 5.74) is 3.78. The van der Waals surface area contributed by atoms with E-state index in [1.165, 1.54) is 16.8 Å². The lowest BCUT2D eigenvalue weighted by Crippen LogP contribution is -2.32. The van der Waals surface area contributed by atoms with Gasteiger partial charge in [-0.3, -0.25) is 4.79 Å². The van der Waals surface area contributed by atoms with E-state index >= 15 is 0 Å². The Kier molecular flexibility index (Phi) is 4.65. The predicted molar refractivity (Wildman–Crippen MR) is 93.1 cm³/mol. The van der Waals surface area contributed by atoms with E-state index in [9.17, 15) is 4.79 Å². The van der Waals surface area contributed by atoms with Gasteiger partial charge in [-0.05, 0) is 43.0 Å². The van der Waals surface area contributed by atoms with Crippen molar-refractivity contribution in [1.29, 1.82) is 0 Å². The fourth-order valence-corrected chi connectivity index (χ4v) is 2.89. The van der Waals surface area contributed by atoms with Crippen molar-refractivity contribution >= 4 is 5.91 Å². The molecule has 1 fully saturated rings. The van der Waals surface area contributed by atoms with Gasteiger partial charge in [0, 0.05) is 30.9 Å². The first-order valence-corrected chi connectivity index (χ1v) is 8.27. The van der Waals surface area contributed by atoms with Crippen molar-refractivity contribution in [1.82, 2.24) is 9.47 Å². The van der Waals surface area contributed by atoms with Gasteiger partial charge in [-0.2, -0.15) is 0 Å². The Labute approximate surface area is 138 Å². The fraction of sp³-hybridized carbons (Fsp3) is 0.350. The second-order valence-electron chi connectivity index (χ2n) is 6.34. The molecule has 1 saturated carbocycles. The minimum atomic E-state index is 0.245. The molecule has 3 heteroatoms. The van der Waals surface area contributed by atoms with Crippen LogP contribution in [0.2, 0.25) is 0 Å². The average molecular weight is 308 g/mol. The van der Waals surface area contributed by atoms with Gasteiger partial charge >= 0.3 is 0 Å². The Morgan fingerprint density at radius 2 is 2.09 bits per heavy atom. The van der Waals surface area contributed by atoms with Crippen LogP contribution in [0.15, 0.2) is 55.3 Å². The molecule has 0 atom stereocenters. The maximum Gasteiger partial charge on any atom is 0.226 e. The third-order valence-corrected chi connectivity index (χ3v) is 4.47. The van der Waals surface area contributed by atoms with E-state index in [1.807, 2.05) is 11.0 Å². The normalized spacial score (nSPS) is 13.8. The van der Waals surface area contributed by atoms with Gasteiger partial charge < -0.3 is 9.47 Å². The molecule has 1 aromatic heterocycles. The van der Waals surface area contributed by atoms with E-state index in [2.05, 4.69) is 60.7 Å². The molecular formula is C20H24N2O. The van der Waals surface area contributed by atoms with Crippen molar-refractivity contribution in [2.45, 2.75) is 32.9 Å². The van der Waals surface area contributed by atoms with Crippen LogP contribution in [0.25, 0.3) is 0 Å². The highest BCUT2D eigenvalue weighted by Gasteiger charge is 2.33. The number of aryl methyl sites for hydroxylation is 1. The Bertz CT molecular complexity index is 697. The van der Waals surface area contributed by atoms with Crippen LogP contribution in [0.3, 0.4) is 0 Å². The zero-order valence-electron chi connectivity index (χ0n) is 13.7. The quantitative estimate of drug-likeness (QED) is 0.715. The predicted octanol–water partition coefficient (Wildman–Crippen LogP) is 3.77. The Morgan fingerprint density at radius 1 is 1.30 bits per heavy atom. The molecule has 1 heterocycles. The van der Waals surface area contributed by atoms with Crippen LogP contribution in [0.4, 0.5) is 0 Å². The molecule has 120 valence electrons. The van der Waals surface area contributed by atoms with E-state index in [0.717, 1.165) is 19.4 Å². The molecule has 2 aromatic rings. The van der Waals surface area contributed by atoms with Crippen LogP contribution < -0.4 is 0 Å². The zero-order valence-corrected chi connectivity index (χ0v) is 13.7. The van der Waals surface area contributed by atoms with Gasteiger partial charge in [0.05, 0.1) is 6.54 Å². The second-order valence-corrected chi connectivity index (χ2v) is 6.34. The van der Waals surface area contributed by atoms with Crippen LogP contribution in [-0.4, -0.2) is 21.9 Å². The molecule has 3 rings (SSSR count). The largest absolute Gasteiger partial charge is 0.345 e. The lowest BCUT2D eigenvalue weighted by molar-refractivity contribution is -0.132. The van der Waals surface area contributed by atoms with E-state index in [4.69, 9.17) is 0 Å². The highest BCUT2D eigenvalue weighted by Crippen LogP contribution is 2.31. The number of amides is 1. The smallest absolute Gasteiger partial charge is 0.226 e. The van der Waals surface area contributed by atoms with Gasteiger partial charge in [0.2, 0.25) is 5.91 Å². The molecule has 0 unspecified atom stereocenters. The summed E-state index contributed by atoms with van der Waals surface area (Å²) in [4.78, 5) is 14.3. The standard InChI is InChI=1S/C20H24N2O/c1-3-12-22(20(23)17-10-11-17)15-19-9-6-13-21(19)14-18-8-5-4-7-16(18)2/h3-9,13,17H,1,10-12,14-15H2,2H3. The number of hydrogen-bond acceptors (Lipinski definition) is 1. The molecule has 1 aliphatic rings. The van der Waals surface area contributed by atoms with E-state index in [-0.39, 0.29) is 11.8 Å². The van der Waals surface area contributed by atoms with Gasteiger partial charge in [-0.25, -0.2) is 0 Å². The van der Waals surface area contributed by atoms with E-state index < -0.39 is 0 Å². The van der Waals surface area contributed by atoms with Gasteiger partial charge in [-0.15, -0.1) is 6.58 Å². The molecule has 0 N–H and O–H groups in total. The topological polar surface area (TPSA) is 25.2 Å². The summed E-state index contributed by atoms with van der Waals surface area (Å²) in [6, 6.07) is 12.6. The molecule has 1 aliphatic carbocycles. The number of nitrogens with zero attached hydrogens (tertiary/aromatic N) is 2. The minimum Gasteiger partial charge on any atom is -0.345 e. The van der Waals surface area contributed by atoms with Gasteiger partial charge in [0.25, 0.3) is 0 Å². The number of benzene rings is 1. The van der Waals surface area contributed by atoms with Crippen molar-refractivity contribution in [2.75, 3.05) is 6.54 Å². The van der Waals surface area contributed by atoms with Crippen LogP contribution in [-0.2, 0) is 17.9 Å². The summed E-state index contributed by atoms with van der Waals surface area (Å²) in [7, 11) is 0. The lowest BCUT2D eigenvalue weighted by Gasteiger charge is -2.22. The Morgan fingerprint density at radius 3 is 2.78 bits per heavy atom. The molecule has 0 saturated heterocycles. The second kappa shape index (κ2) is 6.86. The molecule has 0 spiro atoms. The summed E-state index contributed by atoms with van der Waals surface area (Å²) in [5, 5.41) is 0. The number of aromatic nitrogens is 1. The third kappa shape index (κ3) is 3.73. The van der Waals surface area contributed by atoms with E-state index in [0.29, 0.717) is 13.1 Å². The third-order valence-electron chi connectivity index (χ3n) is 4.47. The van der Waals surface area contributed by atoms with Gasteiger partial charge in [0.15, 0.2) is 0 Å². The number of hydrogen-bond donors (Lipinski definition) is 0. The summed E-state index contributed by atoms with van der Waals surface area (Å²) in [6.45, 7) is 8.04. The average Bonchev–Trinajstić information content (AvgIpc) is 3.31. The van der Waals surface area contributed by atoms with Gasteiger partial charge in [0.1, 0.15) is 0 Å². The first-order chi connectivity index (χ1) is 11.2. The number of carbonyl (C=O) groups excluding carboxylic acids is 1. The molecule has 1 amide bonds. The summed E-state index contributed by atoms with van der Waals surface area (Å²) >= 11 is 0. The lowest BCUT2D eigenvalue weighted by atomic mass is 10.1. The molecule has 0 bridgehead atoms. The van der Waals surface area contributed by atoms with Crippen LogP contribution >= 0.6 is 0 Å². The summed E-state index contributed by atoms with van der Waals surface area (Å²) < 4.78 is 2.23. The summed E-state index contributed by atoms with van der Waals surface area (Å²) in [5.74, 6) is 0.517. The van der Waals surface area contributed by atoms with Gasteiger partial charge in [-0.1, -0.05) is 30.3 Å². The first kappa shape index (κ1) is 15.6. The van der Waals surface area contributed by atoms with Crippen molar-refractivity contribution in [2.24, 2.45) is 5.92 Å². The van der Waals surface area contributed by atoms with Crippen molar-refractivity contribution < 1.29 is 4.79 Å². The summed E-state index contributed by atoms with van der Waals surface area (Å²) in [6.07, 6.45) is 5.98. The molecular weight excluding hydrogens is 284 g/mol. The van der Waals surface area contributed by atoms with E-state index in [1.54, 1.807) is 0 Å². The highest BCUT2D eigenvalue weighted by atomic mass is 16.2. The molecule has 3 nitrogen and oxygen atoms in total. The molecule has 1 aromatic carbocycles. The van der Waals surface area contributed by atoms with Crippen molar-refractivity contribution in [3.05, 3.63) is 72.1 Å². The Hall–Kier alpha value is -2.29. The maximum absolute atomic E-state index is 12.4. The minimum absolute atomic E-state index is 0.245. The van der Waals surface area contributed by atoms with Crippen molar-refractivity contribution in [3.8, 4) is 0 Å². The first-order valence-electron chi connectivity index (χ1n) is 8.27.